The van der Waals surface area contributed by atoms with Crippen LogP contribution in [0.4, 0.5) is 4.79 Å². The Bertz CT molecular complexity index is 346. The number of nitrogens with zero attached hydrogens (tertiary/aromatic N) is 1. The number of hydrogen-bond donors (Lipinski definition) is 2. The summed E-state index contributed by atoms with van der Waals surface area (Å²) in [6, 6.07) is 4.90. The molecular weight excluding hydrogens is 334 g/mol. The number of alkyl halides is 1. The largest absolute Gasteiger partial charge is 0.351 e. The Balaban J connectivity index is 0. The van der Waals surface area contributed by atoms with E-state index < -0.39 is 10.4 Å². The summed E-state index contributed by atoms with van der Waals surface area (Å²) in [4.78, 5) is 25.4. The molecule has 1 aromatic heterocycles. The molecule has 0 aliphatic rings. The van der Waals surface area contributed by atoms with Crippen LogP contribution in [0, 0.1) is 0 Å². The van der Waals surface area contributed by atoms with Gasteiger partial charge in [0.15, 0.2) is 0 Å². The van der Waals surface area contributed by atoms with E-state index in [1.807, 2.05) is 37.4 Å². The smallest absolute Gasteiger partial charge is 0.318 e. The van der Waals surface area contributed by atoms with Gasteiger partial charge in [-0.3, -0.25) is 15.1 Å². The van der Waals surface area contributed by atoms with Crippen LogP contribution in [0.1, 0.15) is 26.7 Å². The third-order valence-electron chi connectivity index (χ3n) is 2.33. The number of nitrogens with one attached hydrogen (secondary N) is 1. The van der Waals surface area contributed by atoms with Gasteiger partial charge in [0.05, 0.1) is 0 Å². The van der Waals surface area contributed by atoms with Crippen molar-refractivity contribution < 1.29 is 9.59 Å². The van der Waals surface area contributed by atoms with Gasteiger partial charge in [-0.15, -0.1) is 12.4 Å². The molecule has 0 saturated heterocycles. The fourth-order valence-electron chi connectivity index (χ4n) is 1.11. The average Bonchev–Trinajstić information content (AvgIpc) is 2.39. The SMILES string of the molecule is CCC(Br)(CC)C(=O)NC(N)=O.Cl.c1ccncc1. The van der Waals surface area contributed by atoms with Gasteiger partial charge in [-0.25, -0.2) is 4.79 Å². The third-order valence-corrected chi connectivity index (χ3v) is 3.81. The van der Waals surface area contributed by atoms with Gasteiger partial charge in [0.1, 0.15) is 4.32 Å². The zero-order valence-electron chi connectivity index (χ0n) is 10.9. The van der Waals surface area contributed by atoms with Crippen LogP contribution in [0.3, 0.4) is 0 Å². The van der Waals surface area contributed by atoms with Crippen molar-refractivity contribution in [3.8, 4) is 0 Å². The van der Waals surface area contributed by atoms with E-state index in [0.717, 1.165) is 0 Å². The monoisotopic (exact) mass is 351 g/mol. The number of imide groups is 1. The number of nitrogens with two attached hydrogens (primary N) is 1. The van der Waals surface area contributed by atoms with Crippen LogP contribution in [0.25, 0.3) is 0 Å². The summed E-state index contributed by atoms with van der Waals surface area (Å²) < 4.78 is -0.665. The number of carbonyl (C=O) groups is 2. The highest BCUT2D eigenvalue weighted by Gasteiger charge is 2.32. The summed E-state index contributed by atoms with van der Waals surface area (Å²) >= 11 is 3.26. The van der Waals surface area contributed by atoms with Crippen LogP contribution in [0.2, 0.25) is 0 Å². The first kappa shape index (κ1) is 20.2. The highest BCUT2D eigenvalue weighted by molar-refractivity contribution is 9.10. The molecule has 0 unspecified atom stereocenters. The second-order valence-corrected chi connectivity index (χ2v) is 5.03. The molecule has 5 nitrogen and oxygen atoms in total. The molecule has 0 spiro atoms. The Hall–Kier alpha value is -1.14. The van der Waals surface area contributed by atoms with Gasteiger partial charge in [0.25, 0.3) is 0 Å². The Labute approximate surface area is 127 Å². The van der Waals surface area contributed by atoms with E-state index in [1.165, 1.54) is 0 Å². The van der Waals surface area contributed by atoms with Gasteiger partial charge < -0.3 is 5.73 Å². The number of halogens is 2. The standard InChI is InChI=1S/C7H13BrN2O2.C5H5N.ClH/c1-3-7(8,4-2)5(11)10-6(9)12;1-2-4-6-5-3-1;/h3-4H2,1-2H3,(H3,9,10,11,12);1-5H;1H. The summed E-state index contributed by atoms with van der Waals surface area (Å²) in [6.45, 7) is 3.72. The first-order valence-electron chi connectivity index (χ1n) is 5.61. The molecule has 19 heavy (non-hydrogen) atoms. The van der Waals surface area contributed by atoms with Crippen molar-refractivity contribution in [3.05, 3.63) is 30.6 Å². The molecule has 0 saturated carbocycles. The highest BCUT2D eigenvalue weighted by atomic mass is 79.9. The zero-order chi connectivity index (χ0) is 14.0. The van der Waals surface area contributed by atoms with Gasteiger partial charge in [0.2, 0.25) is 5.91 Å². The van der Waals surface area contributed by atoms with Crippen LogP contribution in [-0.4, -0.2) is 21.2 Å². The fraction of sp³-hybridized carbons (Fsp3) is 0.417. The molecule has 1 aromatic rings. The topological polar surface area (TPSA) is 85.1 Å². The molecule has 0 atom stereocenters. The number of rotatable bonds is 3. The van der Waals surface area contributed by atoms with Gasteiger partial charge in [-0.1, -0.05) is 35.8 Å². The molecular formula is C12H19BrClN3O2. The lowest BCUT2D eigenvalue weighted by Gasteiger charge is -2.21. The molecule has 7 heteroatoms. The number of primary amides is 1. The number of pyridine rings is 1. The molecule has 108 valence electrons. The van der Waals surface area contributed by atoms with E-state index in [1.54, 1.807) is 12.4 Å². The van der Waals surface area contributed by atoms with E-state index in [9.17, 15) is 9.59 Å². The Kier molecular flexibility index (Phi) is 11.4. The molecule has 0 aliphatic carbocycles. The Morgan fingerprint density at radius 1 is 1.21 bits per heavy atom. The van der Waals surface area contributed by atoms with E-state index in [2.05, 4.69) is 20.9 Å². The highest BCUT2D eigenvalue weighted by Crippen LogP contribution is 2.26. The summed E-state index contributed by atoms with van der Waals surface area (Å²) in [5.74, 6) is -0.375. The third kappa shape index (κ3) is 8.56. The number of aromatic nitrogens is 1. The van der Waals surface area contributed by atoms with Crippen LogP contribution in [-0.2, 0) is 4.79 Å². The predicted octanol–water partition coefficient (Wildman–Crippen LogP) is 2.64. The molecule has 1 rings (SSSR count). The lowest BCUT2D eigenvalue weighted by molar-refractivity contribution is -0.122. The van der Waals surface area contributed by atoms with E-state index in [-0.39, 0.29) is 18.3 Å². The van der Waals surface area contributed by atoms with Crippen molar-refractivity contribution in [1.29, 1.82) is 0 Å². The number of hydrogen-bond acceptors (Lipinski definition) is 3. The van der Waals surface area contributed by atoms with E-state index >= 15 is 0 Å². The fourth-order valence-corrected chi connectivity index (χ4v) is 1.21. The summed E-state index contributed by atoms with van der Waals surface area (Å²) in [7, 11) is 0. The normalized spacial score (nSPS) is 9.42. The first-order valence-corrected chi connectivity index (χ1v) is 6.40. The minimum Gasteiger partial charge on any atom is -0.351 e. The Morgan fingerprint density at radius 2 is 1.68 bits per heavy atom. The molecule has 0 aliphatic heterocycles. The van der Waals surface area contributed by atoms with Crippen molar-refractivity contribution in [3.63, 3.8) is 0 Å². The van der Waals surface area contributed by atoms with Crippen LogP contribution < -0.4 is 11.1 Å². The van der Waals surface area contributed by atoms with Crippen molar-refractivity contribution >= 4 is 40.3 Å². The maximum absolute atomic E-state index is 11.3. The quantitative estimate of drug-likeness (QED) is 0.820. The molecule has 0 radical (unpaired) electrons. The van der Waals surface area contributed by atoms with Gasteiger partial charge >= 0.3 is 6.03 Å². The molecule has 0 bridgehead atoms. The zero-order valence-corrected chi connectivity index (χ0v) is 13.3. The lowest BCUT2D eigenvalue weighted by atomic mass is 10.0. The maximum Gasteiger partial charge on any atom is 0.318 e. The minimum absolute atomic E-state index is 0. The van der Waals surface area contributed by atoms with Crippen LogP contribution in [0.5, 0.6) is 0 Å². The van der Waals surface area contributed by atoms with Crippen molar-refractivity contribution in [2.24, 2.45) is 5.73 Å². The number of carbonyl (C=O) groups excluding carboxylic acids is 2. The van der Waals surface area contributed by atoms with Gasteiger partial charge in [0, 0.05) is 12.4 Å². The second kappa shape index (κ2) is 10.8. The van der Waals surface area contributed by atoms with E-state index in [0.29, 0.717) is 12.8 Å². The summed E-state index contributed by atoms with van der Waals surface area (Å²) in [6.07, 6.45) is 4.73. The first-order chi connectivity index (χ1) is 8.46. The molecule has 3 amide bonds. The predicted molar refractivity (Wildman–Crippen MR) is 81.5 cm³/mol. The summed E-state index contributed by atoms with van der Waals surface area (Å²) in [5, 5.41) is 2.04. The summed E-state index contributed by atoms with van der Waals surface area (Å²) in [5.41, 5.74) is 4.81. The maximum atomic E-state index is 11.3. The number of amides is 3. The average molecular weight is 353 g/mol. The van der Waals surface area contributed by atoms with Crippen LogP contribution >= 0.6 is 28.3 Å². The Morgan fingerprint density at radius 3 is 1.89 bits per heavy atom. The number of urea groups is 1. The molecule has 3 N–H and O–H groups in total. The van der Waals surface area contributed by atoms with Crippen LogP contribution in [0.15, 0.2) is 30.6 Å². The molecule has 1 heterocycles. The van der Waals surface area contributed by atoms with Gasteiger partial charge in [-0.05, 0) is 25.0 Å². The minimum atomic E-state index is -0.814. The van der Waals surface area contributed by atoms with Crippen molar-refractivity contribution in [2.75, 3.05) is 0 Å². The van der Waals surface area contributed by atoms with E-state index in [4.69, 9.17) is 5.73 Å². The van der Waals surface area contributed by atoms with Gasteiger partial charge in [-0.2, -0.15) is 0 Å². The molecule has 0 fully saturated rings. The van der Waals surface area contributed by atoms with Crippen molar-refractivity contribution in [1.82, 2.24) is 10.3 Å². The molecule has 0 aromatic carbocycles. The van der Waals surface area contributed by atoms with Crippen molar-refractivity contribution in [2.45, 2.75) is 31.0 Å². The lowest BCUT2D eigenvalue weighted by Crippen LogP contribution is -2.46. The second-order valence-electron chi connectivity index (χ2n) is 3.52.